The van der Waals surface area contributed by atoms with E-state index in [0.29, 0.717) is 12.1 Å². The SMILES string of the molecule is O=C(NCCc1cn2ccccc2n1)c1csc(Br)c1. The Morgan fingerprint density at radius 2 is 2.35 bits per heavy atom. The lowest BCUT2D eigenvalue weighted by Gasteiger charge is -2.01. The van der Waals surface area contributed by atoms with Gasteiger partial charge in [-0.3, -0.25) is 4.79 Å². The number of imidazole rings is 1. The van der Waals surface area contributed by atoms with Gasteiger partial charge in [0.2, 0.25) is 0 Å². The minimum Gasteiger partial charge on any atom is -0.352 e. The Morgan fingerprint density at radius 1 is 1.45 bits per heavy atom. The van der Waals surface area contributed by atoms with E-state index in [-0.39, 0.29) is 5.91 Å². The number of carbonyl (C=O) groups excluding carboxylic acids is 1. The molecule has 0 unspecified atom stereocenters. The highest BCUT2D eigenvalue weighted by Crippen LogP contribution is 2.20. The fraction of sp³-hybridized carbons (Fsp3) is 0.143. The molecule has 0 aliphatic heterocycles. The highest BCUT2D eigenvalue weighted by molar-refractivity contribution is 9.11. The van der Waals surface area contributed by atoms with Gasteiger partial charge in [0.1, 0.15) is 5.65 Å². The Morgan fingerprint density at radius 3 is 3.10 bits per heavy atom. The maximum absolute atomic E-state index is 11.9. The molecule has 0 aliphatic rings. The molecule has 0 aromatic carbocycles. The molecular weight excluding hydrogens is 338 g/mol. The van der Waals surface area contributed by atoms with Gasteiger partial charge in [-0.1, -0.05) is 6.07 Å². The first kappa shape index (κ1) is 13.3. The average Bonchev–Trinajstić information content (AvgIpc) is 3.04. The van der Waals surface area contributed by atoms with Crippen molar-refractivity contribution in [3.63, 3.8) is 0 Å². The number of nitrogens with zero attached hydrogens (tertiary/aromatic N) is 2. The van der Waals surface area contributed by atoms with Crippen LogP contribution in [0.3, 0.4) is 0 Å². The third-order valence-corrected chi connectivity index (χ3v) is 4.41. The fourth-order valence-corrected chi connectivity index (χ4v) is 3.08. The summed E-state index contributed by atoms with van der Waals surface area (Å²) in [5.74, 6) is -0.0456. The first-order chi connectivity index (χ1) is 9.72. The molecule has 3 aromatic rings. The smallest absolute Gasteiger partial charge is 0.252 e. The van der Waals surface area contributed by atoms with Crippen LogP contribution in [0.25, 0.3) is 5.65 Å². The number of aromatic nitrogens is 2. The van der Waals surface area contributed by atoms with Crippen LogP contribution in [0, 0.1) is 0 Å². The van der Waals surface area contributed by atoms with Gasteiger partial charge in [-0.05, 0) is 34.1 Å². The number of carbonyl (C=O) groups is 1. The topological polar surface area (TPSA) is 46.4 Å². The Labute approximate surface area is 128 Å². The molecule has 102 valence electrons. The molecule has 0 radical (unpaired) electrons. The minimum atomic E-state index is -0.0456. The second-order valence-electron chi connectivity index (χ2n) is 4.34. The number of pyridine rings is 1. The van der Waals surface area contributed by atoms with Crippen molar-refractivity contribution in [2.24, 2.45) is 0 Å². The van der Waals surface area contributed by atoms with Gasteiger partial charge >= 0.3 is 0 Å². The molecule has 20 heavy (non-hydrogen) atoms. The standard InChI is InChI=1S/C14H12BrN3OS/c15-12-7-10(9-20-12)14(19)16-5-4-11-8-18-6-2-1-3-13(18)17-11/h1-3,6-9H,4-5H2,(H,16,19). The molecule has 0 saturated heterocycles. The normalized spacial score (nSPS) is 10.8. The summed E-state index contributed by atoms with van der Waals surface area (Å²) in [6, 6.07) is 7.72. The van der Waals surface area contributed by atoms with Gasteiger partial charge in [0.05, 0.1) is 15.0 Å². The van der Waals surface area contributed by atoms with E-state index in [4.69, 9.17) is 0 Å². The first-order valence-electron chi connectivity index (χ1n) is 6.17. The lowest BCUT2D eigenvalue weighted by atomic mass is 10.3. The third-order valence-electron chi connectivity index (χ3n) is 2.91. The second kappa shape index (κ2) is 5.76. The molecule has 0 spiro atoms. The van der Waals surface area contributed by atoms with Gasteiger partial charge in [0, 0.05) is 30.7 Å². The zero-order chi connectivity index (χ0) is 13.9. The highest BCUT2D eigenvalue weighted by atomic mass is 79.9. The molecule has 0 saturated carbocycles. The van der Waals surface area contributed by atoms with Crippen molar-refractivity contribution >= 4 is 38.8 Å². The Kier molecular flexibility index (Phi) is 3.84. The van der Waals surface area contributed by atoms with Crippen molar-refractivity contribution in [3.8, 4) is 0 Å². The predicted octanol–water partition coefficient (Wildman–Crippen LogP) is 3.13. The van der Waals surface area contributed by atoms with Crippen LogP contribution in [-0.4, -0.2) is 21.8 Å². The molecule has 4 nitrogen and oxygen atoms in total. The molecule has 0 bridgehead atoms. The van der Waals surface area contributed by atoms with E-state index in [2.05, 4.69) is 26.2 Å². The average molecular weight is 350 g/mol. The molecule has 1 amide bonds. The molecule has 1 N–H and O–H groups in total. The number of amides is 1. The van der Waals surface area contributed by atoms with E-state index < -0.39 is 0 Å². The zero-order valence-corrected chi connectivity index (χ0v) is 12.9. The lowest BCUT2D eigenvalue weighted by molar-refractivity contribution is 0.0954. The molecular formula is C14H12BrN3OS. The van der Waals surface area contributed by atoms with Crippen molar-refractivity contribution < 1.29 is 4.79 Å². The monoisotopic (exact) mass is 349 g/mol. The number of fused-ring (bicyclic) bond motifs is 1. The number of thiophene rings is 1. The summed E-state index contributed by atoms with van der Waals surface area (Å²) in [5.41, 5.74) is 2.59. The van der Waals surface area contributed by atoms with E-state index in [1.54, 1.807) is 0 Å². The van der Waals surface area contributed by atoms with Crippen LogP contribution >= 0.6 is 27.3 Å². The van der Waals surface area contributed by atoms with Gasteiger partial charge in [-0.15, -0.1) is 11.3 Å². The summed E-state index contributed by atoms with van der Waals surface area (Å²) in [4.78, 5) is 16.4. The summed E-state index contributed by atoms with van der Waals surface area (Å²) in [5, 5.41) is 4.74. The number of nitrogens with one attached hydrogen (secondary N) is 1. The lowest BCUT2D eigenvalue weighted by Crippen LogP contribution is -2.25. The van der Waals surface area contributed by atoms with Crippen molar-refractivity contribution in [2.75, 3.05) is 6.54 Å². The molecule has 6 heteroatoms. The van der Waals surface area contributed by atoms with E-state index in [1.165, 1.54) is 11.3 Å². The molecule has 0 atom stereocenters. The number of halogens is 1. The molecule has 0 fully saturated rings. The Balaban J connectivity index is 1.58. The van der Waals surface area contributed by atoms with Crippen LogP contribution in [0.15, 0.2) is 45.8 Å². The molecule has 0 aliphatic carbocycles. The van der Waals surface area contributed by atoms with Gasteiger partial charge in [-0.2, -0.15) is 0 Å². The van der Waals surface area contributed by atoms with E-state index in [9.17, 15) is 4.79 Å². The van der Waals surface area contributed by atoms with E-state index >= 15 is 0 Å². The summed E-state index contributed by atoms with van der Waals surface area (Å²) in [6.07, 6.45) is 4.68. The minimum absolute atomic E-state index is 0.0456. The van der Waals surface area contributed by atoms with Crippen LogP contribution in [0.4, 0.5) is 0 Å². The number of hydrogen-bond acceptors (Lipinski definition) is 3. The van der Waals surface area contributed by atoms with Gasteiger partial charge < -0.3 is 9.72 Å². The summed E-state index contributed by atoms with van der Waals surface area (Å²) < 4.78 is 2.94. The molecule has 3 heterocycles. The maximum Gasteiger partial charge on any atom is 0.252 e. The number of hydrogen-bond donors (Lipinski definition) is 1. The quantitative estimate of drug-likeness (QED) is 0.786. The Bertz CT molecular complexity index is 717. The third kappa shape index (κ3) is 2.91. The first-order valence-corrected chi connectivity index (χ1v) is 7.84. The predicted molar refractivity (Wildman–Crippen MR) is 83.2 cm³/mol. The summed E-state index contributed by atoms with van der Waals surface area (Å²) >= 11 is 4.86. The van der Waals surface area contributed by atoms with Crippen molar-refractivity contribution in [2.45, 2.75) is 6.42 Å². The molecule has 3 aromatic heterocycles. The number of rotatable bonds is 4. The molecule has 3 rings (SSSR count). The highest BCUT2D eigenvalue weighted by Gasteiger charge is 2.07. The maximum atomic E-state index is 11.9. The summed E-state index contributed by atoms with van der Waals surface area (Å²) in [7, 11) is 0. The van der Waals surface area contributed by atoms with Crippen LogP contribution in [0.1, 0.15) is 16.1 Å². The van der Waals surface area contributed by atoms with Gasteiger partial charge in [-0.25, -0.2) is 4.98 Å². The van der Waals surface area contributed by atoms with Crippen molar-refractivity contribution in [1.82, 2.24) is 14.7 Å². The largest absolute Gasteiger partial charge is 0.352 e. The van der Waals surface area contributed by atoms with Crippen LogP contribution < -0.4 is 5.32 Å². The van der Waals surface area contributed by atoms with Crippen molar-refractivity contribution in [3.05, 3.63) is 57.1 Å². The summed E-state index contributed by atoms with van der Waals surface area (Å²) in [6.45, 7) is 0.580. The van der Waals surface area contributed by atoms with Crippen LogP contribution in [0.5, 0.6) is 0 Å². The second-order valence-corrected chi connectivity index (χ2v) is 6.63. The fourth-order valence-electron chi connectivity index (χ4n) is 1.94. The van der Waals surface area contributed by atoms with Crippen molar-refractivity contribution in [1.29, 1.82) is 0 Å². The van der Waals surface area contributed by atoms with E-state index in [1.807, 2.05) is 46.4 Å². The van der Waals surface area contributed by atoms with Gasteiger partial charge in [0.25, 0.3) is 5.91 Å². The van der Waals surface area contributed by atoms with Crippen LogP contribution in [-0.2, 0) is 6.42 Å². The van der Waals surface area contributed by atoms with Gasteiger partial charge in [0.15, 0.2) is 0 Å². The van der Waals surface area contributed by atoms with E-state index in [0.717, 1.165) is 21.5 Å². The Hall–Kier alpha value is -1.66. The van der Waals surface area contributed by atoms with Crippen LogP contribution in [0.2, 0.25) is 0 Å². The zero-order valence-electron chi connectivity index (χ0n) is 10.5.